The Balaban J connectivity index is 2.57. The quantitative estimate of drug-likeness (QED) is 0.907. The van der Waals surface area contributed by atoms with E-state index in [2.05, 4.69) is 15.3 Å². The van der Waals surface area contributed by atoms with E-state index in [1.165, 1.54) is 4.68 Å². The number of halogens is 1. The van der Waals surface area contributed by atoms with Gasteiger partial charge in [-0.3, -0.25) is 0 Å². The van der Waals surface area contributed by atoms with Crippen molar-refractivity contribution in [1.82, 2.24) is 20.0 Å². The van der Waals surface area contributed by atoms with Gasteiger partial charge in [-0.05, 0) is 18.1 Å². The van der Waals surface area contributed by atoms with E-state index < -0.39 is 0 Å². The van der Waals surface area contributed by atoms with Crippen LogP contribution >= 0.6 is 11.6 Å². The summed E-state index contributed by atoms with van der Waals surface area (Å²) in [5, 5.41) is 21.8. The van der Waals surface area contributed by atoms with Crippen LogP contribution in [-0.4, -0.2) is 25.1 Å². The van der Waals surface area contributed by atoms with E-state index in [0.717, 1.165) is 5.69 Å². The molecule has 0 bridgehead atoms. The van der Waals surface area contributed by atoms with Gasteiger partial charge in [-0.25, -0.2) is 4.68 Å². The Morgan fingerprint density at radius 1 is 1.47 bits per heavy atom. The van der Waals surface area contributed by atoms with Gasteiger partial charge < -0.3 is 5.11 Å². The van der Waals surface area contributed by atoms with E-state index in [0.29, 0.717) is 16.5 Å². The third-order valence-electron chi connectivity index (χ3n) is 2.43. The summed E-state index contributed by atoms with van der Waals surface area (Å²) in [5.74, 6) is 0.728. The van der Waals surface area contributed by atoms with Crippen LogP contribution in [0, 0.1) is 0 Å². The maximum atomic E-state index is 9.33. The predicted octanol–water partition coefficient (Wildman–Crippen LogP) is 1.93. The second-order valence-corrected chi connectivity index (χ2v) is 4.32. The number of hydrogen-bond donors (Lipinski definition) is 1. The Bertz CT molecular complexity index is 510. The topological polar surface area (TPSA) is 63.8 Å². The lowest BCUT2D eigenvalue weighted by atomic mass is 10.1. The van der Waals surface area contributed by atoms with Crippen LogP contribution in [0.5, 0.6) is 0 Å². The van der Waals surface area contributed by atoms with Gasteiger partial charge in [-0.2, -0.15) is 10.2 Å². The van der Waals surface area contributed by atoms with Crippen LogP contribution in [0.25, 0.3) is 5.82 Å². The first-order valence-corrected chi connectivity index (χ1v) is 5.69. The summed E-state index contributed by atoms with van der Waals surface area (Å²) < 4.78 is 1.50. The van der Waals surface area contributed by atoms with Crippen LogP contribution in [0.2, 0.25) is 5.15 Å². The maximum Gasteiger partial charge on any atom is 0.177 e. The molecule has 0 aliphatic rings. The second-order valence-electron chi connectivity index (χ2n) is 3.96. The first kappa shape index (κ1) is 12.0. The molecule has 0 aliphatic heterocycles. The number of aliphatic hydroxyl groups is 1. The summed E-state index contributed by atoms with van der Waals surface area (Å²) in [5.41, 5.74) is 1.43. The molecule has 5 nitrogen and oxygen atoms in total. The molecule has 0 aromatic carbocycles. The third kappa shape index (κ3) is 2.16. The molecule has 2 heterocycles. The molecule has 0 aliphatic carbocycles. The van der Waals surface area contributed by atoms with Gasteiger partial charge in [0.05, 0.1) is 12.3 Å². The summed E-state index contributed by atoms with van der Waals surface area (Å²) in [6.07, 6.45) is 1.58. The summed E-state index contributed by atoms with van der Waals surface area (Å²) >= 11 is 6.18. The van der Waals surface area contributed by atoms with E-state index in [4.69, 9.17) is 11.6 Å². The lowest BCUT2D eigenvalue weighted by Gasteiger charge is -2.01. The average Bonchev–Trinajstić information content (AvgIpc) is 2.67. The van der Waals surface area contributed by atoms with Crippen LogP contribution in [0.4, 0.5) is 0 Å². The van der Waals surface area contributed by atoms with Crippen molar-refractivity contribution in [2.75, 3.05) is 0 Å². The molecule has 0 fully saturated rings. The Labute approximate surface area is 104 Å². The summed E-state index contributed by atoms with van der Waals surface area (Å²) in [4.78, 5) is 0. The van der Waals surface area contributed by atoms with E-state index in [1.54, 1.807) is 18.3 Å². The fourth-order valence-electron chi connectivity index (χ4n) is 1.61. The normalized spacial score (nSPS) is 11.1. The summed E-state index contributed by atoms with van der Waals surface area (Å²) in [7, 11) is 0. The number of aliphatic hydroxyl groups excluding tert-OH is 1. The highest BCUT2D eigenvalue weighted by molar-refractivity contribution is 6.30. The number of nitrogens with zero attached hydrogens (tertiary/aromatic N) is 4. The van der Waals surface area contributed by atoms with Crippen LogP contribution < -0.4 is 0 Å². The van der Waals surface area contributed by atoms with E-state index in [-0.39, 0.29) is 12.5 Å². The van der Waals surface area contributed by atoms with Crippen molar-refractivity contribution in [3.8, 4) is 5.82 Å². The monoisotopic (exact) mass is 252 g/mol. The van der Waals surface area contributed by atoms with Crippen molar-refractivity contribution in [3.05, 3.63) is 34.7 Å². The SMILES string of the molecule is CC(C)c1nn(-c2cccnn2)c(Cl)c1CO. The number of rotatable bonds is 3. The van der Waals surface area contributed by atoms with Gasteiger partial charge in [0.25, 0.3) is 0 Å². The van der Waals surface area contributed by atoms with Gasteiger partial charge in [0, 0.05) is 11.8 Å². The van der Waals surface area contributed by atoms with Crippen LogP contribution in [0.15, 0.2) is 18.3 Å². The molecule has 90 valence electrons. The molecule has 0 atom stereocenters. The Morgan fingerprint density at radius 2 is 2.24 bits per heavy atom. The lowest BCUT2D eigenvalue weighted by Crippen LogP contribution is -2.01. The molecule has 1 N–H and O–H groups in total. The standard InChI is InChI=1S/C11H13ClN4O/c1-7(2)10-8(6-17)11(12)16(15-10)9-4-3-5-13-14-9/h3-5,7,17H,6H2,1-2H3. The molecule has 2 rings (SSSR count). The summed E-state index contributed by atoms with van der Waals surface area (Å²) in [6, 6.07) is 3.52. The number of aromatic nitrogens is 4. The van der Waals surface area contributed by atoms with Crippen molar-refractivity contribution in [2.24, 2.45) is 0 Å². The van der Waals surface area contributed by atoms with Crippen molar-refractivity contribution in [2.45, 2.75) is 26.4 Å². The first-order valence-electron chi connectivity index (χ1n) is 5.31. The molecule has 0 amide bonds. The maximum absolute atomic E-state index is 9.33. The smallest absolute Gasteiger partial charge is 0.177 e. The average molecular weight is 253 g/mol. The molecule has 17 heavy (non-hydrogen) atoms. The largest absolute Gasteiger partial charge is 0.391 e. The Hall–Kier alpha value is -1.46. The highest BCUT2D eigenvalue weighted by atomic mass is 35.5. The van der Waals surface area contributed by atoms with Crippen molar-refractivity contribution in [3.63, 3.8) is 0 Å². The fraction of sp³-hybridized carbons (Fsp3) is 0.364. The van der Waals surface area contributed by atoms with Gasteiger partial charge >= 0.3 is 0 Å². The molecule has 2 aromatic rings. The van der Waals surface area contributed by atoms with Crippen LogP contribution in [0.3, 0.4) is 0 Å². The minimum absolute atomic E-state index is 0.132. The minimum atomic E-state index is -0.132. The van der Waals surface area contributed by atoms with Crippen LogP contribution in [0.1, 0.15) is 31.0 Å². The molecule has 0 saturated heterocycles. The zero-order chi connectivity index (χ0) is 12.4. The summed E-state index contributed by atoms with van der Waals surface area (Å²) in [6.45, 7) is 3.87. The molecule has 0 saturated carbocycles. The fourth-order valence-corrected chi connectivity index (χ4v) is 1.89. The number of hydrogen-bond acceptors (Lipinski definition) is 4. The first-order chi connectivity index (χ1) is 8.15. The van der Waals surface area contributed by atoms with Gasteiger partial charge in [0.1, 0.15) is 5.15 Å². The molecule has 6 heteroatoms. The van der Waals surface area contributed by atoms with Gasteiger partial charge in [-0.1, -0.05) is 25.4 Å². The Kier molecular flexibility index (Phi) is 3.40. The van der Waals surface area contributed by atoms with Crippen molar-refractivity contribution >= 4 is 11.6 Å². The third-order valence-corrected chi connectivity index (χ3v) is 2.82. The van der Waals surface area contributed by atoms with Gasteiger partial charge in [-0.15, -0.1) is 5.10 Å². The van der Waals surface area contributed by atoms with Gasteiger partial charge in [0.2, 0.25) is 0 Å². The van der Waals surface area contributed by atoms with Crippen LogP contribution in [-0.2, 0) is 6.61 Å². The molecule has 0 radical (unpaired) electrons. The lowest BCUT2D eigenvalue weighted by molar-refractivity contribution is 0.280. The zero-order valence-electron chi connectivity index (χ0n) is 9.63. The van der Waals surface area contributed by atoms with E-state index in [9.17, 15) is 5.11 Å². The molecule has 0 spiro atoms. The molecule has 2 aromatic heterocycles. The molecular formula is C11H13ClN4O. The van der Waals surface area contributed by atoms with Gasteiger partial charge in [0.15, 0.2) is 5.82 Å². The highest BCUT2D eigenvalue weighted by Crippen LogP contribution is 2.27. The zero-order valence-corrected chi connectivity index (χ0v) is 10.4. The second kappa shape index (κ2) is 4.81. The van der Waals surface area contributed by atoms with E-state index in [1.807, 2.05) is 13.8 Å². The molecule has 0 unspecified atom stereocenters. The Morgan fingerprint density at radius 3 is 2.71 bits per heavy atom. The minimum Gasteiger partial charge on any atom is -0.391 e. The predicted molar refractivity (Wildman–Crippen MR) is 64.2 cm³/mol. The molecular weight excluding hydrogens is 240 g/mol. The van der Waals surface area contributed by atoms with E-state index >= 15 is 0 Å². The van der Waals surface area contributed by atoms with Crippen molar-refractivity contribution < 1.29 is 5.11 Å². The highest BCUT2D eigenvalue weighted by Gasteiger charge is 2.19. The van der Waals surface area contributed by atoms with Crippen molar-refractivity contribution in [1.29, 1.82) is 0 Å².